The molecule has 1 saturated heterocycles. The first-order valence-electron chi connectivity index (χ1n) is 12.3. The molecular formula is C23H47N3O5. The highest BCUT2D eigenvalue weighted by atomic mass is 16.4. The lowest BCUT2D eigenvalue weighted by Crippen LogP contribution is -2.47. The van der Waals surface area contributed by atoms with Gasteiger partial charge in [-0.3, -0.25) is 4.79 Å². The molecule has 0 aliphatic carbocycles. The number of piperidine rings is 1. The number of hydrogen-bond donors (Lipinski definition) is 5. The van der Waals surface area contributed by atoms with Crippen LogP contribution in [0.5, 0.6) is 0 Å². The highest BCUT2D eigenvalue weighted by molar-refractivity contribution is 5.76. The van der Waals surface area contributed by atoms with Crippen LogP contribution in [0, 0.1) is 5.92 Å². The highest BCUT2D eigenvalue weighted by Crippen LogP contribution is 2.17. The number of carbonyl (C=O) groups is 1. The van der Waals surface area contributed by atoms with Gasteiger partial charge >= 0.3 is 0 Å². The van der Waals surface area contributed by atoms with Gasteiger partial charge in [0.1, 0.15) is 12.2 Å². The van der Waals surface area contributed by atoms with Crippen molar-refractivity contribution in [1.82, 2.24) is 15.1 Å². The average Bonchev–Trinajstić information content (AvgIpc) is 2.79. The summed E-state index contributed by atoms with van der Waals surface area (Å²) in [7, 11) is 0. The Morgan fingerprint density at radius 1 is 1.03 bits per heavy atom. The van der Waals surface area contributed by atoms with Crippen LogP contribution in [0.15, 0.2) is 0 Å². The van der Waals surface area contributed by atoms with Gasteiger partial charge in [-0.2, -0.15) is 0 Å². The fraction of sp³-hybridized carbons (Fsp3) is 0.957. The van der Waals surface area contributed by atoms with Crippen molar-refractivity contribution >= 4 is 5.91 Å². The van der Waals surface area contributed by atoms with E-state index in [0.717, 1.165) is 77.7 Å². The molecule has 3 atom stereocenters. The molecule has 1 rings (SSSR count). The van der Waals surface area contributed by atoms with Crippen molar-refractivity contribution in [3.63, 3.8) is 0 Å². The third-order valence-corrected chi connectivity index (χ3v) is 6.22. The van der Waals surface area contributed by atoms with Crippen molar-refractivity contribution in [3.05, 3.63) is 0 Å². The summed E-state index contributed by atoms with van der Waals surface area (Å²) in [5.74, 6) is 0.782. The Kier molecular flexibility index (Phi) is 15.3. The Balaban J connectivity index is 2.46. The predicted octanol–water partition coefficient (Wildman–Crippen LogP) is 0.572. The molecule has 0 aromatic carbocycles. The van der Waals surface area contributed by atoms with Crippen molar-refractivity contribution in [1.29, 1.82) is 0 Å². The molecule has 8 nitrogen and oxygen atoms in total. The zero-order chi connectivity index (χ0) is 23.1. The van der Waals surface area contributed by atoms with E-state index in [4.69, 9.17) is 5.11 Å². The number of carbonyl (C=O) groups excluding carboxylic acids is 1. The molecular weight excluding hydrogens is 398 g/mol. The van der Waals surface area contributed by atoms with Crippen molar-refractivity contribution < 1.29 is 25.2 Å². The van der Waals surface area contributed by atoms with Crippen molar-refractivity contribution in [2.45, 2.75) is 83.5 Å². The van der Waals surface area contributed by atoms with Gasteiger partial charge in [0.2, 0.25) is 5.91 Å². The number of hydrogen-bond acceptors (Lipinski definition) is 7. The molecule has 1 fully saturated rings. The van der Waals surface area contributed by atoms with E-state index in [-0.39, 0.29) is 12.5 Å². The molecule has 5 N–H and O–H groups in total. The lowest BCUT2D eigenvalue weighted by atomic mass is 9.96. The van der Waals surface area contributed by atoms with E-state index in [1.165, 1.54) is 0 Å². The van der Waals surface area contributed by atoms with E-state index in [1.807, 2.05) is 9.80 Å². The standard InChI is InChI=1S/C23H47N3O5/c1-3-5-6-7-12-25(17-20(28)23(31)21(29)18-27)13-10-22(30)26-14-8-19(9-15-26)16-24-11-4-2/h19-21,23-24,27-29,31H,3-18H2,1-2H3/t20-,21+,23+/m0/s1. The van der Waals surface area contributed by atoms with Crippen LogP contribution in [0.3, 0.4) is 0 Å². The normalized spacial score (nSPS) is 18.4. The van der Waals surface area contributed by atoms with Crippen molar-refractivity contribution in [2.24, 2.45) is 5.92 Å². The first kappa shape index (κ1) is 28.3. The number of unbranched alkanes of at least 4 members (excludes halogenated alkanes) is 3. The van der Waals surface area contributed by atoms with E-state index in [1.54, 1.807) is 0 Å². The molecule has 0 bridgehead atoms. The maximum absolute atomic E-state index is 12.7. The molecule has 0 radical (unpaired) electrons. The fourth-order valence-electron chi connectivity index (χ4n) is 4.07. The van der Waals surface area contributed by atoms with E-state index in [2.05, 4.69) is 19.2 Å². The second kappa shape index (κ2) is 16.8. The van der Waals surface area contributed by atoms with Gasteiger partial charge in [-0.15, -0.1) is 0 Å². The monoisotopic (exact) mass is 445 g/mol. The minimum Gasteiger partial charge on any atom is -0.394 e. The minimum absolute atomic E-state index is 0.143. The molecule has 0 spiro atoms. The summed E-state index contributed by atoms with van der Waals surface area (Å²) >= 11 is 0. The number of aliphatic hydroxyl groups excluding tert-OH is 4. The van der Waals surface area contributed by atoms with Gasteiger partial charge in [-0.1, -0.05) is 33.1 Å². The summed E-state index contributed by atoms with van der Waals surface area (Å²) in [6, 6.07) is 0. The largest absolute Gasteiger partial charge is 0.394 e. The van der Waals surface area contributed by atoms with E-state index in [9.17, 15) is 20.1 Å². The van der Waals surface area contributed by atoms with Gasteiger partial charge in [0.05, 0.1) is 12.7 Å². The van der Waals surface area contributed by atoms with Gasteiger partial charge in [0, 0.05) is 32.6 Å². The molecule has 0 saturated carbocycles. The van der Waals surface area contributed by atoms with Crippen LogP contribution >= 0.6 is 0 Å². The number of nitrogens with zero attached hydrogens (tertiary/aromatic N) is 2. The topological polar surface area (TPSA) is 117 Å². The first-order chi connectivity index (χ1) is 14.9. The summed E-state index contributed by atoms with van der Waals surface area (Å²) in [6.07, 6.45) is 3.97. The molecule has 1 amide bonds. The summed E-state index contributed by atoms with van der Waals surface area (Å²) in [5, 5.41) is 42.3. The summed E-state index contributed by atoms with van der Waals surface area (Å²) in [6.45, 7) is 8.81. The Morgan fingerprint density at radius 3 is 2.35 bits per heavy atom. The van der Waals surface area contributed by atoms with Crippen LogP contribution in [0.1, 0.15) is 65.2 Å². The molecule has 184 valence electrons. The molecule has 8 heteroatoms. The van der Waals surface area contributed by atoms with E-state index >= 15 is 0 Å². The van der Waals surface area contributed by atoms with E-state index in [0.29, 0.717) is 18.9 Å². The SMILES string of the molecule is CCCCCCN(CCC(=O)N1CCC(CNCCC)CC1)C[C@H](O)[C@@H](O)[C@H](O)CO. The van der Waals surface area contributed by atoms with Gasteiger partial charge in [-0.25, -0.2) is 0 Å². The molecule has 0 aromatic rings. The number of likely N-dealkylation sites (tertiary alicyclic amines) is 1. The van der Waals surface area contributed by atoms with Gasteiger partial charge < -0.3 is 35.5 Å². The molecule has 0 aromatic heterocycles. The Hall–Kier alpha value is -0.770. The zero-order valence-electron chi connectivity index (χ0n) is 19.7. The lowest BCUT2D eigenvalue weighted by molar-refractivity contribution is -0.133. The Bertz CT molecular complexity index is 460. The number of nitrogens with one attached hydrogen (secondary N) is 1. The van der Waals surface area contributed by atoms with Crippen LogP contribution in [-0.4, -0.2) is 107 Å². The highest BCUT2D eigenvalue weighted by Gasteiger charge is 2.27. The second-order valence-corrected chi connectivity index (χ2v) is 8.95. The molecule has 1 aliphatic heterocycles. The Morgan fingerprint density at radius 2 is 1.74 bits per heavy atom. The zero-order valence-corrected chi connectivity index (χ0v) is 19.7. The number of aliphatic hydroxyl groups is 4. The first-order valence-corrected chi connectivity index (χ1v) is 12.3. The van der Waals surface area contributed by atoms with Crippen LogP contribution in [-0.2, 0) is 4.79 Å². The van der Waals surface area contributed by atoms with Crippen LogP contribution in [0.2, 0.25) is 0 Å². The molecule has 31 heavy (non-hydrogen) atoms. The number of rotatable bonds is 17. The molecule has 1 aliphatic rings. The third-order valence-electron chi connectivity index (χ3n) is 6.22. The van der Waals surface area contributed by atoms with Crippen LogP contribution in [0.4, 0.5) is 0 Å². The summed E-state index contributed by atoms with van der Waals surface area (Å²) in [5.41, 5.74) is 0. The summed E-state index contributed by atoms with van der Waals surface area (Å²) < 4.78 is 0. The van der Waals surface area contributed by atoms with Gasteiger partial charge in [-0.05, 0) is 51.2 Å². The third kappa shape index (κ3) is 11.6. The predicted molar refractivity (Wildman–Crippen MR) is 123 cm³/mol. The van der Waals surface area contributed by atoms with Crippen LogP contribution in [0.25, 0.3) is 0 Å². The Labute approximate surface area is 188 Å². The maximum atomic E-state index is 12.7. The van der Waals surface area contributed by atoms with Gasteiger partial charge in [0.25, 0.3) is 0 Å². The molecule has 1 heterocycles. The average molecular weight is 446 g/mol. The molecule has 0 unspecified atom stereocenters. The minimum atomic E-state index is -1.40. The van der Waals surface area contributed by atoms with Crippen LogP contribution < -0.4 is 5.32 Å². The van der Waals surface area contributed by atoms with Crippen molar-refractivity contribution in [2.75, 3.05) is 52.4 Å². The summed E-state index contributed by atoms with van der Waals surface area (Å²) in [4.78, 5) is 16.7. The second-order valence-electron chi connectivity index (χ2n) is 8.95. The smallest absolute Gasteiger partial charge is 0.223 e. The lowest BCUT2D eigenvalue weighted by Gasteiger charge is -2.33. The fourth-order valence-corrected chi connectivity index (χ4v) is 4.07. The number of amides is 1. The van der Waals surface area contributed by atoms with Crippen molar-refractivity contribution in [3.8, 4) is 0 Å². The quantitative estimate of drug-likeness (QED) is 0.208. The van der Waals surface area contributed by atoms with Gasteiger partial charge in [0.15, 0.2) is 0 Å². The van der Waals surface area contributed by atoms with E-state index < -0.39 is 24.9 Å². The maximum Gasteiger partial charge on any atom is 0.223 e.